The highest BCUT2D eigenvalue weighted by Gasteiger charge is 2.43. The van der Waals surface area contributed by atoms with Crippen molar-refractivity contribution in [3.05, 3.63) is 28.0 Å². The second-order valence-corrected chi connectivity index (χ2v) is 7.73. The molecular formula is C16H19BrClN3O2. The van der Waals surface area contributed by atoms with Crippen LogP contribution in [0.5, 0.6) is 0 Å². The summed E-state index contributed by atoms with van der Waals surface area (Å²) in [5.41, 5.74) is 0.312. The molecule has 5 nitrogen and oxygen atoms in total. The normalized spacial score (nSPS) is 21.8. The molecule has 1 saturated carbocycles. The van der Waals surface area contributed by atoms with E-state index in [1.54, 1.807) is 6.20 Å². The van der Waals surface area contributed by atoms with Crippen molar-refractivity contribution in [2.75, 3.05) is 7.11 Å². The molecule has 1 aliphatic carbocycles. The summed E-state index contributed by atoms with van der Waals surface area (Å²) in [5.74, 6) is 1.40. The molecule has 0 amide bonds. The molecule has 0 aromatic carbocycles. The molecule has 23 heavy (non-hydrogen) atoms. The molecule has 2 unspecified atom stereocenters. The molecule has 0 N–H and O–H groups in total. The molecule has 1 fully saturated rings. The molecule has 2 heterocycles. The molecule has 0 bridgehead atoms. The average molecular weight is 401 g/mol. The molecule has 0 aliphatic heterocycles. The third-order valence-electron chi connectivity index (χ3n) is 5.02. The van der Waals surface area contributed by atoms with Crippen LogP contribution in [0.2, 0.25) is 5.15 Å². The molecule has 7 heteroatoms. The van der Waals surface area contributed by atoms with E-state index in [4.69, 9.17) is 16.3 Å². The summed E-state index contributed by atoms with van der Waals surface area (Å²) in [6.45, 7) is 3.93. The first-order valence-corrected chi connectivity index (χ1v) is 8.79. The van der Waals surface area contributed by atoms with Crippen LogP contribution in [0.15, 0.2) is 17.0 Å². The lowest BCUT2D eigenvalue weighted by Gasteiger charge is -2.28. The van der Waals surface area contributed by atoms with Gasteiger partial charge in [0, 0.05) is 18.3 Å². The lowest BCUT2D eigenvalue weighted by molar-refractivity contribution is -0.153. The minimum Gasteiger partial charge on any atom is -0.469 e. The maximum Gasteiger partial charge on any atom is 0.311 e. The predicted molar refractivity (Wildman–Crippen MR) is 91.6 cm³/mol. The van der Waals surface area contributed by atoms with Crippen molar-refractivity contribution in [2.24, 2.45) is 11.3 Å². The summed E-state index contributed by atoms with van der Waals surface area (Å²) in [7, 11) is 1.45. The molecule has 124 valence electrons. The van der Waals surface area contributed by atoms with Gasteiger partial charge in [-0.25, -0.2) is 9.97 Å². The number of nitrogens with zero attached hydrogens (tertiary/aromatic N) is 3. The lowest BCUT2D eigenvalue weighted by Crippen LogP contribution is -2.32. The van der Waals surface area contributed by atoms with Crippen molar-refractivity contribution in [1.82, 2.24) is 14.4 Å². The fraction of sp³-hybridized carbons (Fsp3) is 0.562. The van der Waals surface area contributed by atoms with Gasteiger partial charge in [0.05, 0.1) is 12.5 Å². The number of methoxy groups -OCH3 is 1. The lowest BCUT2D eigenvalue weighted by atomic mass is 9.77. The number of hydrogen-bond donors (Lipinski definition) is 0. The van der Waals surface area contributed by atoms with Crippen LogP contribution in [-0.4, -0.2) is 27.4 Å². The van der Waals surface area contributed by atoms with E-state index in [1.807, 2.05) is 24.4 Å². The SMILES string of the molecule is COC(=O)C(C)(C)C1CCC(c2nc(Br)c3c(Cl)nccn23)C1. The summed E-state index contributed by atoms with van der Waals surface area (Å²) in [4.78, 5) is 20.8. The Morgan fingerprint density at radius 3 is 2.91 bits per heavy atom. The zero-order chi connectivity index (χ0) is 16.8. The summed E-state index contributed by atoms with van der Waals surface area (Å²) >= 11 is 9.65. The van der Waals surface area contributed by atoms with E-state index in [-0.39, 0.29) is 11.9 Å². The quantitative estimate of drug-likeness (QED) is 0.724. The Morgan fingerprint density at radius 2 is 2.22 bits per heavy atom. The van der Waals surface area contributed by atoms with E-state index in [9.17, 15) is 4.79 Å². The monoisotopic (exact) mass is 399 g/mol. The van der Waals surface area contributed by atoms with Crippen molar-refractivity contribution < 1.29 is 9.53 Å². The largest absolute Gasteiger partial charge is 0.469 e. The zero-order valence-corrected chi connectivity index (χ0v) is 15.7. The first-order chi connectivity index (χ1) is 10.9. The number of aromatic nitrogens is 3. The fourth-order valence-corrected chi connectivity index (χ4v) is 4.48. The Morgan fingerprint density at radius 1 is 1.48 bits per heavy atom. The Labute approximate surface area is 148 Å². The van der Waals surface area contributed by atoms with E-state index >= 15 is 0 Å². The van der Waals surface area contributed by atoms with Crippen LogP contribution in [0.1, 0.15) is 44.9 Å². The van der Waals surface area contributed by atoms with E-state index in [0.717, 1.165) is 30.6 Å². The Balaban J connectivity index is 1.91. The number of fused-ring (bicyclic) bond motifs is 1. The highest BCUT2D eigenvalue weighted by Crippen LogP contribution is 2.47. The summed E-state index contributed by atoms with van der Waals surface area (Å²) in [6, 6.07) is 0. The molecule has 2 aromatic heterocycles. The number of imidazole rings is 1. The maximum atomic E-state index is 12.0. The van der Waals surface area contributed by atoms with Gasteiger partial charge in [-0.05, 0) is 55.0 Å². The number of rotatable bonds is 3. The fourth-order valence-electron chi connectivity index (χ4n) is 3.57. The Hall–Kier alpha value is -1.14. The van der Waals surface area contributed by atoms with Gasteiger partial charge in [0.15, 0.2) is 5.15 Å². The van der Waals surface area contributed by atoms with Crippen LogP contribution in [0.3, 0.4) is 0 Å². The zero-order valence-electron chi connectivity index (χ0n) is 13.3. The van der Waals surface area contributed by atoms with Gasteiger partial charge in [0.2, 0.25) is 0 Å². The predicted octanol–water partition coefficient (Wildman–Crippen LogP) is 4.23. The second kappa shape index (κ2) is 6.06. The third-order valence-corrected chi connectivity index (χ3v) is 5.85. The van der Waals surface area contributed by atoms with Gasteiger partial charge < -0.3 is 4.74 Å². The summed E-state index contributed by atoms with van der Waals surface area (Å²) < 4.78 is 7.67. The number of hydrogen-bond acceptors (Lipinski definition) is 4. The Bertz CT molecular complexity index is 759. The van der Waals surface area contributed by atoms with Crippen LogP contribution in [0, 0.1) is 11.3 Å². The number of carbonyl (C=O) groups is 1. The number of carbonyl (C=O) groups excluding carboxylic acids is 1. The van der Waals surface area contributed by atoms with E-state index in [1.165, 1.54) is 7.11 Å². The standard InChI is InChI=1S/C16H19BrClN3O2/c1-16(2,15(22)23-3)10-5-4-9(8-10)14-20-12(17)11-13(18)19-6-7-21(11)14/h6-7,9-10H,4-5,8H2,1-3H3. The molecule has 0 saturated heterocycles. The number of ether oxygens (including phenoxy) is 1. The number of halogens is 2. The first kappa shape index (κ1) is 16.7. The molecule has 0 radical (unpaired) electrons. The summed E-state index contributed by atoms with van der Waals surface area (Å²) in [5, 5.41) is 0.433. The average Bonchev–Trinajstić information content (AvgIpc) is 3.12. The van der Waals surface area contributed by atoms with Crippen LogP contribution in [-0.2, 0) is 9.53 Å². The van der Waals surface area contributed by atoms with Crippen molar-refractivity contribution >= 4 is 39.0 Å². The topological polar surface area (TPSA) is 56.5 Å². The van der Waals surface area contributed by atoms with Gasteiger partial charge in [-0.3, -0.25) is 9.20 Å². The highest BCUT2D eigenvalue weighted by molar-refractivity contribution is 9.10. The van der Waals surface area contributed by atoms with Crippen LogP contribution >= 0.6 is 27.5 Å². The van der Waals surface area contributed by atoms with E-state index in [0.29, 0.717) is 15.7 Å². The van der Waals surface area contributed by atoms with Gasteiger partial charge in [-0.15, -0.1) is 0 Å². The maximum absolute atomic E-state index is 12.0. The van der Waals surface area contributed by atoms with Crippen LogP contribution < -0.4 is 0 Å². The number of esters is 1. The van der Waals surface area contributed by atoms with Gasteiger partial charge in [0.25, 0.3) is 0 Å². The van der Waals surface area contributed by atoms with Crippen LogP contribution in [0.4, 0.5) is 0 Å². The molecular weight excluding hydrogens is 382 g/mol. The van der Waals surface area contributed by atoms with Gasteiger partial charge in [-0.2, -0.15) is 0 Å². The highest BCUT2D eigenvalue weighted by atomic mass is 79.9. The van der Waals surface area contributed by atoms with Crippen molar-refractivity contribution in [2.45, 2.75) is 39.0 Å². The van der Waals surface area contributed by atoms with Crippen molar-refractivity contribution in [1.29, 1.82) is 0 Å². The first-order valence-electron chi connectivity index (χ1n) is 7.62. The van der Waals surface area contributed by atoms with Gasteiger partial charge >= 0.3 is 5.97 Å². The van der Waals surface area contributed by atoms with Gasteiger partial charge in [-0.1, -0.05) is 11.6 Å². The van der Waals surface area contributed by atoms with E-state index in [2.05, 4.69) is 25.9 Å². The smallest absolute Gasteiger partial charge is 0.311 e. The minimum absolute atomic E-state index is 0.149. The Kier molecular flexibility index (Phi) is 4.40. The second-order valence-electron chi connectivity index (χ2n) is 6.62. The summed E-state index contributed by atoms with van der Waals surface area (Å²) in [6.07, 6.45) is 6.45. The van der Waals surface area contributed by atoms with Gasteiger partial charge in [0.1, 0.15) is 15.9 Å². The molecule has 3 rings (SSSR count). The molecule has 2 aromatic rings. The van der Waals surface area contributed by atoms with Crippen LogP contribution in [0.25, 0.3) is 5.52 Å². The minimum atomic E-state index is -0.479. The third kappa shape index (κ3) is 2.76. The van der Waals surface area contributed by atoms with Crippen molar-refractivity contribution in [3.63, 3.8) is 0 Å². The molecule has 0 spiro atoms. The van der Waals surface area contributed by atoms with E-state index < -0.39 is 5.41 Å². The molecule has 2 atom stereocenters. The van der Waals surface area contributed by atoms with Crippen molar-refractivity contribution in [3.8, 4) is 0 Å². The molecule has 1 aliphatic rings.